The molecule has 4 aromatic rings. The van der Waals surface area contributed by atoms with Crippen molar-refractivity contribution in [2.45, 2.75) is 37.4 Å². The lowest BCUT2D eigenvalue weighted by molar-refractivity contribution is -0.126. The Morgan fingerprint density at radius 3 is 2.34 bits per heavy atom. The Kier molecular flexibility index (Phi) is 7.55. The highest BCUT2D eigenvalue weighted by molar-refractivity contribution is 7.98. The monoisotopic (exact) mass is 483 g/mol. The minimum Gasteiger partial charge on any atom is -0.352 e. The van der Waals surface area contributed by atoms with Crippen molar-refractivity contribution in [2.24, 2.45) is 5.92 Å². The van der Waals surface area contributed by atoms with Crippen LogP contribution >= 0.6 is 11.8 Å². The van der Waals surface area contributed by atoms with Gasteiger partial charge in [-0.05, 0) is 73.0 Å². The van der Waals surface area contributed by atoms with E-state index in [2.05, 4.69) is 106 Å². The molecule has 35 heavy (non-hydrogen) atoms. The van der Waals surface area contributed by atoms with Crippen molar-refractivity contribution >= 4 is 28.6 Å². The number of hydrogen-bond donors (Lipinski definition) is 1. The molecule has 4 nitrogen and oxygen atoms in total. The number of amides is 1. The van der Waals surface area contributed by atoms with Crippen LogP contribution in [0.2, 0.25) is 0 Å². The van der Waals surface area contributed by atoms with Crippen LogP contribution in [0.5, 0.6) is 0 Å². The van der Waals surface area contributed by atoms with E-state index in [0.717, 1.165) is 44.6 Å². The van der Waals surface area contributed by atoms with Gasteiger partial charge in [-0.3, -0.25) is 9.69 Å². The highest BCUT2D eigenvalue weighted by Crippen LogP contribution is 2.25. The van der Waals surface area contributed by atoms with Crippen LogP contribution in [-0.2, 0) is 24.4 Å². The van der Waals surface area contributed by atoms with Gasteiger partial charge in [0.1, 0.15) is 0 Å². The number of rotatable bonds is 8. The topological polar surface area (TPSA) is 37.3 Å². The number of piperidine rings is 1. The van der Waals surface area contributed by atoms with E-state index in [9.17, 15) is 4.79 Å². The van der Waals surface area contributed by atoms with Crippen molar-refractivity contribution in [3.05, 3.63) is 102 Å². The molecule has 180 valence electrons. The first-order valence-corrected chi connectivity index (χ1v) is 13.7. The molecule has 3 aromatic carbocycles. The highest BCUT2D eigenvalue weighted by Gasteiger charge is 2.25. The summed E-state index contributed by atoms with van der Waals surface area (Å²) in [7, 11) is 0. The molecule has 0 spiro atoms. The van der Waals surface area contributed by atoms with Crippen LogP contribution in [0.1, 0.15) is 29.7 Å². The Bertz CT molecular complexity index is 1260. The summed E-state index contributed by atoms with van der Waals surface area (Å²) in [5.74, 6) is 0.295. The van der Waals surface area contributed by atoms with Crippen LogP contribution in [0.15, 0.2) is 89.8 Å². The summed E-state index contributed by atoms with van der Waals surface area (Å²) in [5, 5.41) is 4.45. The lowest BCUT2D eigenvalue weighted by atomic mass is 9.95. The molecule has 5 heteroatoms. The molecule has 1 saturated heterocycles. The molecule has 0 unspecified atom stereocenters. The van der Waals surface area contributed by atoms with Crippen LogP contribution in [0.25, 0.3) is 10.9 Å². The van der Waals surface area contributed by atoms with E-state index in [4.69, 9.17) is 0 Å². The number of hydrogen-bond acceptors (Lipinski definition) is 3. The van der Waals surface area contributed by atoms with Gasteiger partial charge in [0, 0.05) is 41.7 Å². The number of likely N-dealkylation sites (tertiary alicyclic amines) is 1. The number of carbonyl (C=O) groups is 1. The van der Waals surface area contributed by atoms with Crippen molar-refractivity contribution in [3.8, 4) is 0 Å². The summed E-state index contributed by atoms with van der Waals surface area (Å²) in [5.41, 5.74) is 5.09. The summed E-state index contributed by atoms with van der Waals surface area (Å²) in [6.45, 7) is 4.30. The van der Waals surface area contributed by atoms with Crippen LogP contribution in [-0.4, -0.2) is 34.7 Å². The second-order valence-electron chi connectivity index (χ2n) is 9.38. The largest absolute Gasteiger partial charge is 0.352 e. The van der Waals surface area contributed by atoms with E-state index in [-0.39, 0.29) is 11.8 Å². The summed E-state index contributed by atoms with van der Waals surface area (Å²) >= 11 is 1.73. The standard InChI is InChI=1S/C30H33N3OS/c1-35-28-13-11-23(12-14-28)20-31-30(34)25-15-17-32(18-16-25)22-27-19-26-9-5-6-10-29(26)33(27)21-24-7-3-2-4-8-24/h2-14,19,25H,15-18,20-22H2,1H3,(H,31,34). The molecular weight excluding hydrogens is 450 g/mol. The molecule has 1 N–H and O–H groups in total. The van der Waals surface area contributed by atoms with E-state index in [1.165, 1.54) is 27.1 Å². The van der Waals surface area contributed by atoms with E-state index < -0.39 is 0 Å². The summed E-state index contributed by atoms with van der Waals surface area (Å²) in [6, 6.07) is 30.1. The van der Waals surface area contributed by atoms with Gasteiger partial charge in [-0.15, -0.1) is 11.8 Å². The number of fused-ring (bicyclic) bond motifs is 1. The molecule has 0 aliphatic carbocycles. The second kappa shape index (κ2) is 11.1. The third-order valence-electron chi connectivity index (χ3n) is 7.05. The van der Waals surface area contributed by atoms with Crippen LogP contribution in [0, 0.1) is 5.92 Å². The van der Waals surface area contributed by atoms with Gasteiger partial charge in [-0.1, -0.05) is 60.7 Å². The lowest BCUT2D eigenvalue weighted by Gasteiger charge is -2.31. The predicted octanol–water partition coefficient (Wildman–Crippen LogP) is 5.94. The Morgan fingerprint density at radius 2 is 1.60 bits per heavy atom. The zero-order valence-corrected chi connectivity index (χ0v) is 21.1. The Balaban J connectivity index is 1.19. The quantitative estimate of drug-likeness (QED) is 0.315. The number of para-hydroxylation sites is 1. The fraction of sp³-hybridized carbons (Fsp3) is 0.300. The number of aromatic nitrogens is 1. The molecule has 5 rings (SSSR count). The fourth-order valence-corrected chi connectivity index (χ4v) is 5.42. The summed E-state index contributed by atoms with van der Waals surface area (Å²) in [4.78, 5) is 16.5. The van der Waals surface area contributed by atoms with E-state index in [1.807, 2.05) is 0 Å². The lowest BCUT2D eigenvalue weighted by Crippen LogP contribution is -2.40. The highest BCUT2D eigenvalue weighted by atomic mass is 32.2. The molecule has 1 aliphatic heterocycles. The Morgan fingerprint density at radius 1 is 0.886 bits per heavy atom. The average Bonchev–Trinajstić information content (AvgIpc) is 3.25. The molecule has 0 bridgehead atoms. The molecule has 1 fully saturated rings. The number of carbonyl (C=O) groups excluding carboxylic acids is 1. The molecular formula is C30H33N3OS. The van der Waals surface area contributed by atoms with Crippen molar-refractivity contribution < 1.29 is 4.79 Å². The Labute approximate surface area is 212 Å². The number of benzene rings is 3. The normalized spacial score (nSPS) is 14.9. The first-order valence-electron chi connectivity index (χ1n) is 12.4. The Hall–Kier alpha value is -3.02. The van der Waals surface area contributed by atoms with Gasteiger partial charge < -0.3 is 9.88 Å². The van der Waals surface area contributed by atoms with Gasteiger partial charge in [-0.25, -0.2) is 0 Å². The average molecular weight is 484 g/mol. The van der Waals surface area contributed by atoms with Crippen LogP contribution in [0.4, 0.5) is 0 Å². The van der Waals surface area contributed by atoms with E-state index in [0.29, 0.717) is 6.54 Å². The predicted molar refractivity (Wildman–Crippen MR) is 146 cm³/mol. The van der Waals surface area contributed by atoms with E-state index in [1.54, 1.807) is 11.8 Å². The van der Waals surface area contributed by atoms with Gasteiger partial charge in [-0.2, -0.15) is 0 Å². The molecule has 0 atom stereocenters. The SMILES string of the molecule is CSc1ccc(CNC(=O)C2CCN(Cc3cc4ccccc4n3Cc3ccccc3)CC2)cc1. The zero-order valence-electron chi connectivity index (χ0n) is 20.3. The molecule has 1 aliphatic rings. The van der Waals surface area contributed by atoms with Gasteiger partial charge in [0.25, 0.3) is 0 Å². The minimum atomic E-state index is 0.104. The maximum absolute atomic E-state index is 12.8. The third kappa shape index (κ3) is 5.80. The first kappa shape index (κ1) is 23.7. The van der Waals surface area contributed by atoms with Crippen molar-refractivity contribution in [1.29, 1.82) is 0 Å². The van der Waals surface area contributed by atoms with Gasteiger partial charge in [0.05, 0.1) is 0 Å². The molecule has 0 radical (unpaired) electrons. The van der Waals surface area contributed by atoms with Crippen LogP contribution in [0.3, 0.4) is 0 Å². The molecule has 0 saturated carbocycles. The maximum atomic E-state index is 12.8. The van der Waals surface area contributed by atoms with Crippen LogP contribution < -0.4 is 5.32 Å². The zero-order chi connectivity index (χ0) is 24.0. The number of nitrogens with zero attached hydrogens (tertiary/aromatic N) is 2. The van der Waals surface area contributed by atoms with Crippen molar-refractivity contribution in [3.63, 3.8) is 0 Å². The van der Waals surface area contributed by atoms with Gasteiger partial charge >= 0.3 is 0 Å². The molecule has 2 heterocycles. The van der Waals surface area contributed by atoms with E-state index >= 15 is 0 Å². The van der Waals surface area contributed by atoms with Crippen molar-refractivity contribution in [2.75, 3.05) is 19.3 Å². The maximum Gasteiger partial charge on any atom is 0.223 e. The molecule has 1 amide bonds. The smallest absolute Gasteiger partial charge is 0.223 e. The third-order valence-corrected chi connectivity index (χ3v) is 7.79. The first-order chi connectivity index (χ1) is 17.2. The van der Waals surface area contributed by atoms with Gasteiger partial charge in [0.2, 0.25) is 5.91 Å². The van der Waals surface area contributed by atoms with Crippen molar-refractivity contribution in [1.82, 2.24) is 14.8 Å². The minimum absolute atomic E-state index is 0.104. The molecule has 1 aromatic heterocycles. The van der Waals surface area contributed by atoms with Gasteiger partial charge in [0.15, 0.2) is 0 Å². The summed E-state index contributed by atoms with van der Waals surface area (Å²) < 4.78 is 2.45. The fourth-order valence-electron chi connectivity index (χ4n) is 5.01. The number of thioether (sulfide) groups is 1. The summed E-state index contributed by atoms with van der Waals surface area (Å²) in [6.07, 6.45) is 3.90. The second-order valence-corrected chi connectivity index (χ2v) is 10.3. The number of nitrogens with one attached hydrogen (secondary N) is 1.